The van der Waals surface area contributed by atoms with E-state index in [-0.39, 0.29) is 29.8 Å². The quantitative estimate of drug-likeness (QED) is 0.826. The third kappa shape index (κ3) is 4.56. The van der Waals surface area contributed by atoms with Gasteiger partial charge in [-0.25, -0.2) is 12.8 Å². The van der Waals surface area contributed by atoms with Gasteiger partial charge in [-0.15, -0.1) is 0 Å². The van der Waals surface area contributed by atoms with Gasteiger partial charge in [-0.1, -0.05) is 6.07 Å². The van der Waals surface area contributed by atoms with E-state index in [0.29, 0.717) is 24.9 Å². The summed E-state index contributed by atoms with van der Waals surface area (Å²) in [6, 6.07) is 3.87. The number of halogens is 1. The van der Waals surface area contributed by atoms with Crippen molar-refractivity contribution in [2.24, 2.45) is 5.92 Å². The minimum Gasteiger partial charge on any atom is -0.481 e. The maximum Gasteiger partial charge on any atom is 0.303 e. The number of piperidine rings is 1. The van der Waals surface area contributed by atoms with E-state index in [4.69, 9.17) is 5.11 Å². The molecule has 6 nitrogen and oxygen atoms in total. The highest BCUT2D eigenvalue weighted by Gasteiger charge is 2.37. The van der Waals surface area contributed by atoms with Crippen LogP contribution in [0.1, 0.15) is 24.8 Å². The predicted molar refractivity (Wildman–Crippen MR) is 92.3 cm³/mol. The summed E-state index contributed by atoms with van der Waals surface area (Å²) >= 11 is 0. The van der Waals surface area contributed by atoms with Gasteiger partial charge in [-0.3, -0.25) is 4.79 Å². The predicted octanol–water partition coefficient (Wildman–Crippen LogP) is 1.94. The number of carboxylic acids is 1. The lowest BCUT2D eigenvalue weighted by atomic mass is 9.88. The van der Waals surface area contributed by atoms with Crippen molar-refractivity contribution in [1.29, 1.82) is 0 Å². The van der Waals surface area contributed by atoms with Gasteiger partial charge in [0.15, 0.2) is 0 Å². The Kier molecular flexibility index (Phi) is 6.18. The van der Waals surface area contributed by atoms with E-state index in [1.807, 2.05) is 19.0 Å². The lowest BCUT2D eigenvalue weighted by Crippen LogP contribution is -2.50. The van der Waals surface area contributed by atoms with Crippen molar-refractivity contribution in [1.82, 2.24) is 9.21 Å². The summed E-state index contributed by atoms with van der Waals surface area (Å²) < 4.78 is 40.8. The zero-order valence-electron chi connectivity index (χ0n) is 14.8. The summed E-state index contributed by atoms with van der Waals surface area (Å²) in [6.45, 7) is 2.22. The number of hydrogen-bond donors (Lipinski definition) is 1. The summed E-state index contributed by atoms with van der Waals surface area (Å²) in [5.74, 6) is -1.56. The fraction of sp³-hybridized carbons (Fsp3) is 0.588. The largest absolute Gasteiger partial charge is 0.481 e. The Balaban J connectivity index is 2.26. The van der Waals surface area contributed by atoms with E-state index in [1.54, 1.807) is 6.92 Å². The number of carboxylic acid groups (broad SMARTS) is 1. The van der Waals surface area contributed by atoms with Crippen LogP contribution in [0.5, 0.6) is 0 Å². The number of nitrogens with zero attached hydrogens (tertiary/aromatic N) is 2. The first-order valence-electron chi connectivity index (χ1n) is 8.27. The van der Waals surface area contributed by atoms with Crippen LogP contribution >= 0.6 is 0 Å². The van der Waals surface area contributed by atoms with Gasteiger partial charge < -0.3 is 10.0 Å². The lowest BCUT2D eigenvalue weighted by molar-refractivity contribution is -0.137. The fourth-order valence-corrected chi connectivity index (χ4v) is 5.22. The molecular weight excluding hydrogens is 347 g/mol. The maximum absolute atomic E-state index is 13.5. The SMILES string of the molecule is Cc1ccc(F)cc1S(=O)(=O)N1CC[C@H](N(C)C)[C@H](CCC(=O)O)C1. The first kappa shape index (κ1) is 19.8. The molecule has 1 fully saturated rings. The van der Waals surface area contributed by atoms with Gasteiger partial charge in [0, 0.05) is 25.6 Å². The second kappa shape index (κ2) is 7.80. The minimum atomic E-state index is -3.81. The molecule has 0 unspecified atom stereocenters. The van der Waals surface area contributed by atoms with Gasteiger partial charge in [0.05, 0.1) is 4.90 Å². The maximum atomic E-state index is 13.5. The molecule has 8 heteroatoms. The van der Waals surface area contributed by atoms with Gasteiger partial charge >= 0.3 is 5.97 Å². The lowest BCUT2D eigenvalue weighted by Gasteiger charge is -2.41. The fourth-order valence-electron chi connectivity index (χ4n) is 3.47. The normalized spacial score (nSPS) is 22.3. The van der Waals surface area contributed by atoms with Crippen LogP contribution in [0.2, 0.25) is 0 Å². The van der Waals surface area contributed by atoms with Crippen molar-refractivity contribution in [3.05, 3.63) is 29.6 Å². The molecule has 1 aromatic carbocycles. The molecule has 1 aliphatic rings. The number of benzene rings is 1. The van der Waals surface area contributed by atoms with E-state index in [9.17, 15) is 17.6 Å². The molecule has 0 spiro atoms. The number of sulfonamides is 1. The number of rotatable bonds is 6. The molecule has 0 saturated carbocycles. The van der Waals surface area contributed by atoms with Gasteiger partial charge in [0.2, 0.25) is 10.0 Å². The van der Waals surface area contributed by atoms with Crippen LogP contribution in [0.15, 0.2) is 23.1 Å². The molecule has 0 aliphatic carbocycles. The number of aryl methyl sites for hydroxylation is 1. The van der Waals surface area contributed by atoms with Gasteiger partial charge in [-0.2, -0.15) is 4.31 Å². The molecule has 0 radical (unpaired) electrons. The molecular formula is C17H25FN2O4S. The summed E-state index contributed by atoms with van der Waals surface area (Å²) in [5.41, 5.74) is 0.498. The molecule has 0 aromatic heterocycles. The monoisotopic (exact) mass is 372 g/mol. The van der Waals surface area contributed by atoms with E-state index in [0.717, 1.165) is 6.07 Å². The second-order valence-corrected chi connectivity index (χ2v) is 8.69. The zero-order valence-corrected chi connectivity index (χ0v) is 15.6. The molecule has 0 amide bonds. The zero-order chi connectivity index (χ0) is 18.8. The molecule has 1 N–H and O–H groups in total. The molecule has 0 bridgehead atoms. The molecule has 2 rings (SSSR count). The summed E-state index contributed by atoms with van der Waals surface area (Å²) in [7, 11) is 0.0235. The standard InChI is InChI=1S/C17H25FN2O4S/c1-12-4-6-14(18)10-16(12)25(23,24)20-9-8-15(19(2)3)13(11-20)5-7-17(21)22/h4,6,10,13,15H,5,7-9,11H2,1-3H3,(H,21,22)/t13-,15+/m1/s1. The first-order valence-corrected chi connectivity index (χ1v) is 9.71. The van der Waals surface area contributed by atoms with E-state index in [2.05, 4.69) is 0 Å². The highest BCUT2D eigenvalue weighted by Crippen LogP contribution is 2.30. The number of hydrogen-bond acceptors (Lipinski definition) is 4. The second-order valence-electron chi connectivity index (χ2n) is 6.78. The Morgan fingerprint density at radius 3 is 2.68 bits per heavy atom. The number of aliphatic carboxylic acids is 1. The highest BCUT2D eigenvalue weighted by molar-refractivity contribution is 7.89. The van der Waals surface area contributed by atoms with E-state index in [1.165, 1.54) is 16.4 Å². The van der Waals surface area contributed by atoms with Crippen LogP contribution in [0.25, 0.3) is 0 Å². The summed E-state index contributed by atoms with van der Waals surface area (Å²) in [4.78, 5) is 12.9. The first-order chi connectivity index (χ1) is 11.6. The number of carbonyl (C=O) groups is 1. The smallest absolute Gasteiger partial charge is 0.303 e. The van der Waals surface area contributed by atoms with Crippen molar-refractivity contribution >= 4 is 16.0 Å². The van der Waals surface area contributed by atoms with Crippen molar-refractivity contribution in [2.45, 2.75) is 37.1 Å². The molecule has 140 valence electrons. The molecule has 1 aromatic rings. The molecule has 2 atom stereocenters. The van der Waals surface area contributed by atoms with Crippen LogP contribution in [0.4, 0.5) is 4.39 Å². The summed E-state index contributed by atoms with van der Waals surface area (Å²) in [6.07, 6.45) is 1.03. The Hall–Kier alpha value is -1.51. The van der Waals surface area contributed by atoms with Crippen molar-refractivity contribution in [3.63, 3.8) is 0 Å². The van der Waals surface area contributed by atoms with Crippen LogP contribution in [0.3, 0.4) is 0 Å². The van der Waals surface area contributed by atoms with Gasteiger partial charge in [0.25, 0.3) is 0 Å². The van der Waals surface area contributed by atoms with E-state index < -0.39 is 21.8 Å². The van der Waals surface area contributed by atoms with Crippen molar-refractivity contribution < 1.29 is 22.7 Å². The third-order valence-electron chi connectivity index (χ3n) is 4.82. The Morgan fingerprint density at radius 2 is 2.08 bits per heavy atom. The van der Waals surface area contributed by atoms with Crippen molar-refractivity contribution in [2.75, 3.05) is 27.2 Å². The Morgan fingerprint density at radius 1 is 1.40 bits per heavy atom. The average Bonchev–Trinajstić information content (AvgIpc) is 2.54. The van der Waals surface area contributed by atoms with Gasteiger partial charge in [-0.05, 0) is 57.5 Å². The van der Waals surface area contributed by atoms with Gasteiger partial charge in [0.1, 0.15) is 5.82 Å². The van der Waals surface area contributed by atoms with Crippen LogP contribution in [-0.2, 0) is 14.8 Å². The topological polar surface area (TPSA) is 77.9 Å². The van der Waals surface area contributed by atoms with Crippen LogP contribution in [-0.4, -0.2) is 61.9 Å². The molecule has 25 heavy (non-hydrogen) atoms. The Bertz CT molecular complexity index is 736. The molecule has 1 heterocycles. The molecule has 1 aliphatic heterocycles. The summed E-state index contributed by atoms with van der Waals surface area (Å²) in [5, 5.41) is 8.95. The van der Waals surface area contributed by atoms with Crippen LogP contribution in [0, 0.1) is 18.7 Å². The van der Waals surface area contributed by atoms with Crippen LogP contribution < -0.4 is 0 Å². The minimum absolute atomic E-state index is 0.00187. The van der Waals surface area contributed by atoms with E-state index >= 15 is 0 Å². The third-order valence-corrected chi connectivity index (χ3v) is 6.82. The average molecular weight is 372 g/mol. The highest BCUT2D eigenvalue weighted by atomic mass is 32.2. The molecule has 1 saturated heterocycles. The Labute approximate surface area is 148 Å². The van der Waals surface area contributed by atoms with Crippen molar-refractivity contribution in [3.8, 4) is 0 Å².